The summed E-state index contributed by atoms with van der Waals surface area (Å²) < 4.78 is 24.2. The van der Waals surface area contributed by atoms with Gasteiger partial charge in [-0.1, -0.05) is 0 Å². The molecule has 2 aliphatic rings. The van der Waals surface area contributed by atoms with Gasteiger partial charge in [-0.15, -0.1) is 0 Å². The average Bonchev–Trinajstić information content (AvgIpc) is 2.28. The molecule has 5 heteroatoms. The first-order chi connectivity index (χ1) is 6.02. The Morgan fingerprint density at radius 2 is 2.00 bits per heavy atom. The largest absolute Gasteiger partial charge is 0.389 e. The summed E-state index contributed by atoms with van der Waals surface area (Å²) in [4.78, 5) is 0. The minimum atomic E-state index is -3.02. The zero-order chi connectivity index (χ0) is 9.53. The molecular weight excluding hydrogens is 190 g/mol. The molecule has 1 aliphatic heterocycles. The number of hydrogen-bond acceptors (Lipinski definition) is 3. The topological polar surface area (TPSA) is 57.6 Å². The van der Waals surface area contributed by atoms with Crippen molar-refractivity contribution in [2.75, 3.05) is 18.8 Å². The molecular formula is C8H15NO3S. The summed E-state index contributed by atoms with van der Waals surface area (Å²) in [6, 6.07) is 0. The maximum Gasteiger partial charge on any atom is 0.214 e. The first-order valence-electron chi connectivity index (χ1n) is 4.72. The highest BCUT2D eigenvalue weighted by molar-refractivity contribution is 7.89. The maximum atomic E-state index is 11.4. The second-order valence-corrected chi connectivity index (χ2v) is 6.17. The molecule has 0 amide bonds. The average molecular weight is 205 g/mol. The van der Waals surface area contributed by atoms with Gasteiger partial charge in [0, 0.05) is 13.1 Å². The van der Waals surface area contributed by atoms with Crippen molar-refractivity contribution in [1.29, 1.82) is 0 Å². The van der Waals surface area contributed by atoms with Gasteiger partial charge in [-0.3, -0.25) is 0 Å². The summed E-state index contributed by atoms with van der Waals surface area (Å²) in [6.45, 7) is 0.903. The second kappa shape index (κ2) is 2.93. The fourth-order valence-electron chi connectivity index (χ4n) is 1.94. The van der Waals surface area contributed by atoms with Gasteiger partial charge in [0.2, 0.25) is 10.0 Å². The molecule has 1 aliphatic carbocycles. The van der Waals surface area contributed by atoms with Gasteiger partial charge in [0.1, 0.15) is 0 Å². The molecule has 1 N–H and O–H groups in total. The van der Waals surface area contributed by atoms with Gasteiger partial charge in [0.25, 0.3) is 0 Å². The number of hydrogen-bond donors (Lipinski definition) is 1. The summed E-state index contributed by atoms with van der Waals surface area (Å²) in [5, 5.41) is 9.80. The van der Waals surface area contributed by atoms with Crippen molar-refractivity contribution < 1.29 is 13.5 Å². The Balaban J connectivity index is 2.02. The van der Waals surface area contributed by atoms with E-state index in [4.69, 9.17) is 0 Å². The first kappa shape index (κ1) is 9.43. The Labute approximate surface area is 78.6 Å². The summed E-state index contributed by atoms with van der Waals surface area (Å²) in [6.07, 6.45) is 3.22. The molecule has 0 aromatic rings. The lowest BCUT2D eigenvalue weighted by Crippen LogP contribution is -2.48. The second-order valence-electron chi connectivity index (χ2n) is 4.08. The van der Waals surface area contributed by atoms with Crippen LogP contribution in [-0.2, 0) is 10.0 Å². The van der Waals surface area contributed by atoms with Crippen LogP contribution in [0.1, 0.15) is 25.7 Å². The van der Waals surface area contributed by atoms with Crippen LogP contribution in [0.3, 0.4) is 0 Å². The molecule has 1 heterocycles. The van der Waals surface area contributed by atoms with E-state index in [0.717, 1.165) is 19.3 Å². The highest BCUT2D eigenvalue weighted by Crippen LogP contribution is 2.33. The molecule has 0 aromatic carbocycles. The van der Waals surface area contributed by atoms with Crippen molar-refractivity contribution in [3.05, 3.63) is 0 Å². The van der Waals surface area contributed by atoms with E-state index >= 15 is 0 Å². The molecule has 76 valence electrons. The van der Waals surface area contributed by atoms with Crippen molar-refractivity contribution in [1.82, 2.24) is 4.31 Å². The van der Waals surface area contributed by atoms with Crippen LogP contribution in [0.15, 0.2) is 0 Å². The molecule has 1 saturated carbocycles. The van der Waals surface area contributed by atoms with E-state index in [-0.39, 0.29) is 5.75 Å². The van der Waals surface area contributed by atoms with Gasteiger partial charge in [0.15, 0.2) is 0 Å². The van der Waals surface area contributed by atoms with Crippen molar-refractivity contribution in [3.8, 4) is 0 Å². The van der Waals surface area contributed by atoms with E-state index < -0.39 is 15.6 Å². The number of sulfonamides is 1. The Morgan fingerprint density at radius 1 is 1.31 bits per heavy atom. The fourth-order valence-corrected chi connectivity index (χ4v) is 3.54. The normalized spacial score (nSPS) is 31.5. The van der Waals surface area contributed by atoms with Crippen LogP contribution < -0.4 is 0 Å². The summed E-state index contributed by atoms with van der Waals surface area (Å²) >= 11 is 0. The summed E-state index contributed by atoms with van der Waals surface area (Å²) in [7, 11) is -3.02. The molecule has 0 radical (unpaired) electrons. The van der Waals surface area contributed by atoms with E-state index in [1.807, 2.05) is 0 Å². The predicted octanol–water partition coefficient (Wildman–Crippen LogP) is -0.0631. The lowest BCUT2D eigenvalue weighted by molar-refractivity contribution is -0.0441. The number of rotatable bonds is 2. The van der Waals surface area contributed by atoms with E-state index in [9.17, 15) is 13.5 Å². The smallest absolute Gasteiger partial charge is 0.214 e. The zero-order valence-corrected chi connectivity index (χ0v) is 8.39. The maximum absolute atomic E-state index is 11.4. The minimum Gasteiger partial charge on any atom is -0.389 e. The van der Waals surface area contributed by atoms with Gasteiger partial charge in [-0.05, 0) is 25.7 Å². The van der Waals surface area contributed by atoms with Crippen molar-refractivity contribution >= 4 is 10.0 Å². The van der Waals surface area contributed by atoms with Gasteiger partial charge >= 0.3 is 0 Å². The van der Waals surface area contributed by atoms with Crippen LogP contribution in [0.5, 0.6) is 0 Å². The third-order valence-corrected chi connectivity index (χ3v) is 4.86. The Kier molecular flexibility index (Phi) is 2.13. The molecule has 2 rings (SSSR count). The fraction of sp³-hybridized carbons (Fsp3) is 1.00. The summed E-state index contributed by atoms with van der Waals surface area (Å²) in [5.41, 5.74) is -0.711. The molecule has 0 aromatic heterocycles. The zero-order valence-electron chi connectivity index (χ0n) is 7.57. The molecule has 13 heavy (non-hydrogen) atoms. The van der Waals surface area contributed by atoms with Gasteiger partial charge < -0.3 is 5.11 Å². The van der Waals surface area contributed by atoms with E-state index in [1.54, 1.807) is 0 Å². The van der Waals surface area contributed by atoms with Crippen LogP contribution in [0.4, 0.5) is 0 Å². The van der Waals surface area contributed by atoms with E-state index in [0.29, 0.717) is 19.5 Å². The van der Waals surface area contributed by atoms with E-state index in [1.165, 1.54) is 4.31 Å². The lowest BCUT2D eigenvalue weighted by atomic mass is 9.80. The van der Waals surface area contributed by atoms with Gasteiger partial charge in [0.05, 0.1) is 11.4 Å². The van der Waals surface area contributed by atoms with Crippen molar-refractivity contribution in [3.63, 3.8) is 0 Å². The molecule has 1 saturated heterocycles. The quantitative estimate of drug-likeness (QED) is 0.687. The third kappa shape index (κ3) is 1.73. The Morgan fingerprint density at radius 3 is 2.38 bits per heavy atom. The Hall–Kier alpha value is -0.130. The third-order valence-electron chi connectivity index (χ3n) is 2.96. The standard InChI is InChI=1S/C8H15NO3S/c10-8(3-1-4-8)7-9-5-2-6-13(9,11)12/h10H,1-7H2. The highest BCUT2D eigenvalue weighted by atomic mass is 32.2. The molecule has 0 unspecified atom stereocenters. The summed E-state index contributed by atoms with van der Waals surface area (Å²) in [5.74, 6) is 0.253. The Bertz CT molecular complexity index is 295. The molecule has 2 fully saturated rings. The van der Waals surface area contributed by atoms with Crippen LogP contribution >= 0.6 is 0 Å². The first-order valence-corrected chi connectivity index (χ1v) is 6.33. The number of aliphatic hydroxyl groups is 1. The van der Waals surface area contributed by atoms with Crippen LogP contribution in [0, 0.1) is 0 Å². The molecule has 0 spiro atoms. The van der Waals surface area contributed by atoms with Crippen LogP contribution in [0.25, 0.3) is 0 Å². The monoisotopic (exact) mass is 205 g/mol. The highest BCUT2D eigenvalue weighted by Gasteiger charge is 2.40. The van der Waals surface area contributed by atoms with Crippen LogP contribution in [-0.4, -0.2) is 42.3 Å². The van der Waals surface area contributed by atoms with Crippen molar-refractivity contribution in [2.45, 2.75) is 31.3 Å². The molecule has 0 atom stereocenters. The number of β-amino-alcohol motifs (C(OH)–C–C–N with tert-alkyl or cyclic N) is 1. The van der Waals surface area contributed by atoms with Gasteiger partial charge in [-0.2, -0.15) is 4.31 Å². The van der Waals surface area contributed by atoms with Crippen molar-refractivity contribution in [2.24, 2.45) is 0 Å². The molecule has 0 bridgehead atoms. The molecule has 4 nitrogen and oxygen atoms in total. The van der Waals surface area contributed by atoms with E-state index in [2.05, 4.69) is 0 Å². The number of nitrogens with zero attached hydrogens (tertiary/aromatic N) is 1. The minimum absolute atomic E-state index is 0.253. The lowest BCUT2D eigenvalue weighted by Gasteiger charge is -2.38. The van der Waals surface area contributed by atoms with Crippen LogP contribution in [0.2, 0.25) is 0 Å². The SMILES string of the molecule is O=S1(=O)CCCN1CC1(O)CCC1. The predicted molar refractivity (Wildman–Crippen MR) is 48.8 cm³/mol. The van der Waals surface area contributed by atoms with Gasteiger partial charge in [-0.25, -0.2) is 8.42 Å².